The average Bonchev–Trinajstić information content (AvgIpc) is 2.93. The van der Waals surface area contributed by atoms with Crippen molar-refractivity contribution in [2.75, 3.05) is 5.32 Å². The molecule has 0 fully saturated rings. The van der Waals surface area contributed by atoms with Gasteiger partial charge in [-0.15, -0.1) is 0 Å². The fraction of sp³-hybridized carbons (Fsp3) is 0.0500. The first kappa shape index (κ1) is 15.5. The molecule has 0 radical (unpaired) electrons. The van der Waals surface area contributed by atoms with E-state index in [0.29, 0.717) is 22.4 Å². The SMILES string of the molecule is O=C1C2=C(Nc3[nH]c(=O)[nH]c(=O)c3[C@@H]2c2ccccc2F)c2ccccc21. The molecule has 0 saturated carbocycles. The highest BCUT2D eigenvalue weighted by Crippen LogP contribution is 2.47. The molecule has 6 nitrogen and oxygen atoms in total. The monoisotopic (exact) mass is 361 g/mol. The summed E-state index contributed by atoms with van der Waals surface area (Å²) in [4.78, 5) is 42.2. The van der Waals surface area contributed by atoms with Crippen molar-refractivity contribution in [3.63, 3.8) is 0 Å². The summed E-state index contributed by atoms with van der Waals surface area (Å²) in [6.45, 7) is 0. The highest BCUT2D eigenvalue weighted by atomic mass is 19.1. The Hall–Kier alpha value is -3.74. The molecule has 0 saturated heterocycles. The van der Waals surface area contributed by atoms with Crippen molar-refractivity contribution in [3.8, 4) is 0 Å². The number of aromatic nitrogens is 2. The number of rotatable bonds is 1. The Kier molecular flexibility index (Phi) is 3.09. The lowest BCUT2D eigenvalue weighted by atomic mass is 9.81. The largest absolute Gasteiger partial charge is 0.340 e. The molecule has 1 aliphatic carbocycles. The quantitative estimate of drug-likeness (QED) is 0.620. The molecule has 0 amide bonds. The summed E-state index contributed by atoms with van der Waals surface area (Å²) < 4.78 is 14.7. The van der Waals surface area contributed by atoms with Gasteiger partial charge < -0.3 is 5.32 Å². The number of Topliss-reactive ketones (excluding diaryl/α,β-unsaturated/α-hetero) is 1. The zero-order valence-corrected chi connectivity index (χ0v) is 13.8. The van der Waals surface area contributed by atoms with Gasteiger partial charge in [0, 0.05) is 22.3 Å². The molecule has 3 aromatic rings. The van der Waals surface area contributed by atoms with Gasteiger partial charge in [-0.05, 0) is 6.07 Å². The molecule has 1 atom stereocenters. The molecule has 0 unspecified atom stereocenters. The van der Waals surface area contributed by atoms with Crippen molar-refractivity contribution in [1.82, 2.24) is 9.97 Å². The van der Waals surface area contributed by atoms with Crippen LogP contribution in [0.3, 0.4) is 0 Å². The van der Waals surface area contributed by atoms with E-state index in [-0.39, 0.29) is 22.7 Å². The molecule has 1 aliphatic heterocycles. The first-order valence-electron chi connectivity index (χ1n) is 8.32. The number of halogens is 1. The first-order chi connectivity index (χ1) is 13.1. The van der Waals surface area contributed by atoms with E-state index in [1.165, 1.54) is 6.07 Å². The van der Waals surface area contributed by atoms with Crippen molar-refractivity contribution in [3.05, 3.63) is 103 Å². The first-order valence-corrected chi connectivity index (χ1v) is 8.32. The molecule has 2 heterocycles. The fourth-order valence-electron chi connectivity index (χ4n) is 3.87. The summed E-state index contributed by atoms with van der Waals surface area (Å²) in [6.07, 6.45) is 0. The minimum Gasteiger partial charge on any atom is -0.340 e. The van der Waals surface area contributed by atoms with E-state index in [2.05, 4.69) is 15.3 Å². The summed E-state index contributed by atoms with van der Waals surface area (Å²) in [5.74, 6) is -1.56. The number of benzene rings is 2. The van der Waals surface area contributed by atoms with E-state index >= 15 is 0 Å². The Labute approximate surface area is 151 Å². The third-order valence-electron chi connectivity index (χ3n) is 4.98. The zero-order chi connectivity index (χ0) is 18.7. The third kappa shape index (κ3) is 2.08. The second-order valence-corrected chi connectivity index (χ2v) is 6.44. The lowest BCUT2D eigenvalue weighted by molar-refractivity contribution is 0.103. The molecule has 7 heteroatoms. The number of fused-ring (bicyclic) bond motifs is 3. The van der Waals surface area contributed by atoms with Crippen LogP contribution in [0.2, 0.25) is 0 Å². The Morgan fingerprint density at radius 2 is 1.56 bits per heavy atom. The van der Waals surface area contributed by atoms with Gasteiger partial charge in [0.25, 0.3) is 5.56 Å². The molecule has 132 valence electrons. The summed E-state index contributed by atoms with van der Waals surface area (Å²) >= 11 is 0. The number of carbonyl (C=O) groups is 1. The average molecular weight is 361 g/mol. The molecule has 0 bridgehead atoms. The lowest BCUT2D eigenvalue weighted by Crippen LogP contribution is -2.33. The maximum absolute atomic E-state index is 14.7. The predicted octanol–water partition coefficient (Wildman–Crippen LogP) is 2.37. The number of hydrogen-bond donors (Lipinski definition) is 3. The van der Waals surface area contributed by atoms with Gasteiger partial charge in [0.05, 0.1) is 17.2 Å². The smallest absolute Gasteiger partial charge is 0.327 e. The summed E-state index contributed by atoms with van der Waals surface area (Å²) in [5, 5.41) is 3.01. The van der Waals surface area contributed by atoms with Gasteiger partial charge in [-0.2, -0.15) is 0 Å². The fourth-order valence-corrected chi connectivity index (χ4v) is 3.87. The van der Waals surface area contributed by atoms with E-state index in [4.69, 9.17) is 0 Å². The van der Waals surface area contributed by atoms with Crippen LogP contribution >= 0.6 is 0 Å². The van der Waals surface area contributed by atoms with E-state index in [1.807, 2.05) is 0 Å². The van der Waals surface area contributed by atoms with Crippen molar-refractivity contribution in [2.24, 2.45) is 0 Å². The third-order valence-corrected chi connectivity index (χ3v) is 4.98. The van der Waals surface area contributed by atoms with Crippen LogP contribution in [0.25, 0.3) is 5.70 Å². The van der Waals surface area contributed by atoms with Gasteiger partial charge >= 0.3 is 5.69 Å². The second-order valence-electron chi connectivity index (χ2n) is 6.44. The van der Waals surface area contributed by atoms with Crippen LogP contribution in [-0.4, -0.2) is 15.8 Å². The Morgan fingerprint density at radius 3 is 2.33 bits per heavy atom. The van der Waals surface area contributed by atoms with Gasteiger partial charge in [0.15, 0.2) is 5.78 Å². The number of H-pyrrole nitrogens is 2. The molecular formula is C20H12FN3O3. The van der Waals surface area contributed by atoms with Crippen LogP contribution in [0, 0.1) is 5.82 Å². The molecule has 0 spiro atoms. The van der Waals surface area contributed by atoms with Crippen LogP contribution in [0.4, 0.5) is 10.2 Å². The number of anilines is 1. The molecule has 3 N–H and O–H groups in total. The standard InChI is InChI=1S/C20H12FN3O3/c21-12-8-4-3-7-11(12)13-14-16(9-5-1-2-6-10(9)17(14)25)22-18-15(13)19(26)24-20(27)23-18/h1-8,13H,(H3,22,23,24,26,27)/t13-/m1/s1. The van der Waals surface area contributed by atoms with Gasteiger partial charge in [0.2, 0.25) is 0 Å². The Morgan fingerprint density at radius 1 is 0.852 bits per heavy atom. The highest BCUT2D eigenvalue weighted by molar-refractivity contribution is 6.23. The normalized spacial score (nSPS) is 17.2. The van der Waals surface area contributed by atoms with Crippen LogP contribution in [0.5, 0.6) is 0 Å². The van der Waals surface area contributed by atoms with Crippen molar-refractivity contribution < 1.29 is 9.18 Å². The van der Waals surface area contributed by atoms with Crippen LogP contribution in [0.15, 0.2) is 63.7 Å². The van der Waals surface area contributed by atoms with Gasteiger partial charge in [-0.1, -0.05) is 42.5 Å². The minimum atomic E-state index is -0.932. The molecule has 1 aromatic heterocycles. The number of aromatic amines is 2. The number of nitrogens with one attached hydrogen (secondary N) is 3. The van der Waals surface area contributed by atoms with E-state index in [0.717, 1.165) is 0 Å². The van der Waals surface area contributed by atoms with E-state index in [9.17, 15) is 18.8 Å². The number of allylic oxidation sites excluding steroid dienone is 1. The predicted molar refractivity (Wildman–Crippen MR) is 97.2 cm³/mol. The van der Waals surface area contributed by atoms with Crippen LogP contribution in [-0.2, 0) is 0 Å². The summed E-state index contributed by atoms with van der Waals surface area (Å²) in [5.41, 5.74) is 0.883. The molecule has 2 aliphatic rings. The van der Waals surface area contributed by atoms with E-state index < -0.39 is 23.0 Å². The summed E-state index contributed by atoms with van der Waals surface area (Å²) in [7, 11) is 0. The maximum atomic E-state index is 14.7. The Balaban J connectivity index is 1.88. The second kappa shape index (κ2) is 5.38. The van der Waals surface area contributed by atoms with Crippen molar-refractivity contribution >= 4 is 17.3 Å². The van der Waals surface area contributed by atoms with Gasteiger partial charge in [-0.25, -0.2) is 9.18 Å². The van der Waals surface area contributed by atoms with Crippen LogP contribution in [0.1, 0.15) is 33.0 Å². The minimum absolute atomic E-state index is 0.111. The van der Waals surface area contributed by atoms with E-state index in [1.54, 1.807) is 42.5 Å². The van der Waals surface area contributed by atoms with Gasteiger partial charge in [-0.3, -0.25) is 19.6 Å². The number of hydrogen-bond acceptors (Lipinski definition) is 4. The van der Waals surface area contributed by atoms with Crippen molar-refractivity contribution in [2.45, 2.75) is 5.92 Å². The number of carbonyl (C=O) groups excluding carboxylic acids is 1. The van der Waals surface area contributed by atoms with Gasteiger partial charge in [0.1, 0.15) is 11.6 Å². The highest BCUT2D eigenvalue weighted by Gasteiger charge is 2.42. The Bertz CT molecular complexity index is 1290. The number of ketones is 1. The lowest BCUT2D eigenvalue weighted by Gasteiger charge is -2.27. The molecule has 5 rings (SSSR count). The molecule has 27 heavy (non-hydrogen) atoms. The topological polar surface area (TPSA) is 94.8 Å². The van der Waals surface area contributed by atoms with Crippen molar-refractivity contribution in [1.29, 1.82) is 0 Å². The zero-order valence-electron chi connectivity index (χ0n) is 13.8. The van der Waals surface area contributed by atoms with Crippen LogP contribution < -0.4 is 16.6 Å². The molecule has 2 aromatic carbocycles. The maximum Gasteiger partial charge on any atom is 0.327 e. The molecular weight excluding hydrogens is 349 g/mol. The summed E-state index contributed by atoms with van der Waals surface area (Å²) in [6, 6.07) is 13.0.